The summed E-state index contributed by atoms with van der Waals surface area (Å²) in [4.78, 5) is 0. The Hall–Kier alpha value is 0.367. The quantitative estimate of drug-likeness (QED) is 0.352. The molecule has 0 spiro atoms. The molecule has 0 amide bonds. The number of halogens is 2. The molecule has 0 saturated carbocycles. The molecular weight excluding hydrogens is 518 g/mol. The molecule has 2 aromatic rings. The Morgan fingerprint density at radius 3 is 1.12 bits per heavy atom. The summed E-state index contributed by atoms with van der Waals surface area (Å²) >= 11 is 0. The first kappa shape index (κ1) is 32.1. The fourth-order valence-electron chi connectivity index (χ4n) is 1.92. The van der Waals surface area contributed by atoms with Crippen LogP contribution in [0.3, 0.4) is 0 Å². The zero-order valence-corrected chi connectivity index (χ0v) is 22.0. The Labute approximate surface area is 184 Å². The molecule has 0 atom stereocenters. The van der Waals surface area contributed by atoms with Crippen molar-refractivity contribution in [3.8, 4) is 0 Å². The van der Waals surface area contributed by atoms with Gasteiger partial charge in [0.05, 0.1) is 0 Å². The van der Waals surface area contributed by atoms with E-state index in [4.69, 9.17) is 0 Å². The molecule has 0 aliphatic heterocycles. The van der Waals surface area contributed by atoms with Crippen LogP contribution in [0.25, 0.3) is 0 Å². The van der Waals surface area contributed by atoms with E-state index < -0.39 is 0 Å². The molecule has 0 nitrogen and oxygen atoms in total. The Bertz CT molecular complexity index is 347. The van der Waals surface area contributed by atoms with E-state index >= 15 is 0 Å². The second-order valence-corrected chi connectivity index (χ2v) is 6.53. The van der Waals surface area contributed by atoms with Crippen LogP contribution in [0.1, 0.15) is 50.7 Å². The summed E-state index contributed by atoms with van der Waals surface area (Å²) in [5, 5.41) is 0. The molecule has 0 bridgehead atoms. The maximum absolute atomic E-state index is 2.23. The Morgan fingerprint density at radius 2 is 0.917 bits per heavy atom. The zero-order chi connectivity index (χ0) is 15.8. The number of rotatable bonds is 6. The first-order valence-corrected chi connectivity index (χ1v) is 10.7. The summed E-state index contributed by atoms with van der Waals surface area (Å²) in [6, 6.07) is 17.2. The van der Waals surface area contributed by atoms with Gasteiger partial charge in [-0.3, -0.25) is 0 Å². The van der Waals surface area contributed by atoms with Crippen molar-refractivity contribution >= 4 is 9.52 Å². The van der Waals surface area contributed by atoms with Crippen LogP contribution >= 0.6 is 0 Å². The van der Waals surface area contributed by atoms with E-state index in [-0.39, 0.29) is 50.7 Å². The topological polar surface area (TPSA) is 0 Å². The van der Waals surface area contributed by atoms with E-state index in [9.17, 15) is 0 Å². The van der Waals surface area contributed by atoms with Gasteiger partial charge in [0, 0.05) is 9.52 Å². The van der Waals surface area contributed by atoms with Gasteiger partial charge in [-0.1, -0.05) is 65.5 Å². The molecule has 4 heteroatoms. The van der Waals surface area contributed by atoms with Crippen molar-refractivity contribution in [2.75, 3.05) is 0 Å². The Kier molecular flexibility index (Phi) is 34.2. The van der Waals surface area contributed by atoms with Gasteiger partial charge in [-0.05, 0) is 0 Å². The van der Waals surface area contributed by atoms with Gasteiger partial charge in [-0.15, -0.1) is 0 Å². The summed E-state index contributed by atoms with van der Waals surface area (Å²) in [5.74, 6) is 0. The van der Waals surface area contributed by atoms with Crippen molar-refractivity contribution in [1.29, 1.82) is 0 Å². The van der Waals surface area contributed by atoms with Gasteiger partial charge in [0.1, 0.15) is 0 Å². The monoisotopic (exact) mass is 551 g/mol. The van der Waals surface area contributed by atoms with Crippen molar-refractivity contribution in [2.24, 2.45) is 0 Å². The predicted octanol–water partition coefficient (Wildman–Crippen LogP) is 0.0208. The summed E-state index contributed by atoms with van der Waals surface area (Å²) in [6.07, 6.45) is 7.75. The van der Waals surface area contributed by atoms with Crippen LogP contribution in [0, 0.1) is 0 Å². The Balaban J connectivity index is -0.000000130. The van der Waals surface area contributed by atoms with Gasteiger partial charge >= 0.3 is 25.8 Å². The maximum Gasteiger partial charge on any atom is 4.00 e. The van der Waals surface area contributed by atoms with E-state index in [0.717, 1.165) is 9.52 Å². The molecule has 0 aromatic heterocycles. The van der Waals surface area contributed by atoms with Crippen molar-refractivity contribution in [1.82, 2.24) is 0 Å². The smallest absolute Gasteiger partial charge is 1.00 e. The molecule has 0 saturated heterocycles. The summed E-state index contributed by atoms with van der Waals surface area (Å²) < 4.78 is 0. The fraction of sp³-hybridized carbons (Fsp3) is 0.500. The number of aryl methyl sites for hydroxylation is 2. The van der Waals surface area contributed by atoms with Crippen LogP contribution in [0.4, 0.5) is 0 Å². The van der Waals surface area contributed by atoms with Gasteiger partial charge in [0.2, 0.25) is 0 Å². The SMILES string of the molecule is CCCC[c-]1cccc1.CCCC[c-]1cccc1.C[SiH]C.[Cl-].[Cl-].[Hf+4]. The van der Waals surface area contributed by atoms with E-state index in [2.05, 4.69) is 75.5 Å². The average Bonchev–Trinajstić information content (AvgIpc) is 3.18. The molecule has 0 unspecified atom stereocenters. The minimum Gasteiger partial charge on any atom is -1.00 e. The Morgan fingerprint density at radius 1 is 0.667 bits per heavy atom. The van der Waals surface area contributed by atoms with Gasteiger partial charge in [0.25, 0.3) is 0 Å². The third-order valence-electron chi connectivity index (χ3n) is 3.10. The second-order valence-electron chi connectivity index (χ2n) is 5.37. The maximum atomic E-state index is 2.23. The number of hydrogen-bond donors (Lipinski definition) is 0. The normalized spacial score (nSPS) is 8.17. The molecule has 0 aliphatic carbocycles. The summed E-state index contributed by atoms with van der Waals surface area (Å²) in [5.41, 5.74) is 2.97. The van der Waals surface area contributed by atoms with Gasteiger partial charge in [-0.25, -0.2) is 24.3 Å². The van der Waals surface area contributed by atoms with Crippen molar-refractivity contribution < 1.29 is 50.7 Å². The molecule has 24 heavy (non-hydrogen) atoms. The summed E-state index contributed by atoms with van der Waals surface area (Å²) in [6.45, 7) is 8.87. The molecule has 2 rings (SSSR count). The van der Waals surface area contributed by atoms with Crippen molar-refractivity contribution in [3.63, 3.8) is 0 Å². The van der Waals surface area contributed by atoms with Crippen molar-refractivity contribution in [2.45, 2.75) is 65.5 Å². The molecule has 0 N–H and O–H groups in total. The zero-order valence-electron chi connectivity index (χ0n) is 15.7. The van der Waals surface area contributed by atoms with Gasteiger partial charge in [-0.2, -0.15) is 35.4 Å². The largest absolute Gasteiger partial charge is 4.00 e. The van der Waals surface area contributed by atoms with Crippen molar-refractivity contribution in [3.05, 3.63) is 59.7 Å². The van der Waals surface area contributed by atoms with E-state index in [1.165, 1.54) is 49.7 Å². The van der Waals surface area contributed by atoms with Crippen LogP contribution in [0.5, 0.6) is 0 Å². The van der Waals surface area contributed by atoms with Crippen LogP contribution < -0.4 is 24.8 Å². The van der Waals surface area contributed by atoms with Crippen LogP contribution in [-0.4, -0.2) is 9.52 Å². The molecule has 0 aliphatic rings. The summed E-state index contributed by atoms with van der Waals surface area (Å²) in [7, 11) is 0.750. The molecule has 1 radical (unpaired) electrons. The first-order chi connectivity index (χ1) is 10.3. The molecule has 0 heterocycles. The van der Waals surface area contributed by atoms with Gasteiger partial charge in [0.15, 0.2) is 0 Å². The average molecular weight is 551 g/mol. The third-order valence-corrected chi connectivity index (χ3v) is 3.10. The minimum absolute atomic E-state index is 0. The fourth-order valence-corrected chi connectivity index (χ4v) is 1.92. The molecule has 2 aromatic carbocycles. The van der Waals surface area contributed by atoms with E-state index in [0.29, 0.717) is 0 Å². The minimum atomic E-state index is 0. The van der Waals surface area contributed by atoms with E-state index in [1.54, 1.807) is 0 Å². The van der Waals surface area contributed by atoms with Crippen LogP contribution in [0.15, 0.2) is 48.5 Å². The van der Waals surface area contributed by atoms with Crippen LogP contribution in [-0.2, 0) is 38.7 Å². The van der Waals surface area contributed by atoms with Crippen LogP contribution in [0.2, 0.25) is 13.1 Å². The first-order valence-electron chi connectivity index (χ1n) is 8.43. The van der Waals surface area contributed by atoms with E-state index in [1.807, 2.05) is 0 Å². The molecule has 0 fully saturated rings. The predicted molar refractivity (Wildman–Crippen MR) is 100 cm³/mol. The van der Waals surface area contributed by atoms with Gasteiger partial charge < -0.3 is 24.8 Å². The number of unbranched alkanes of at least 4 members (excludes halogenated alkanes) is 2. The third kappa shape index (κ3) is 20.4. The number of hydrogen-bond acceptors (Lipinski definition) is 0. The standard InChI is InChI=1S/2C9H13.C2H7Si.2ClH.Hf/c2*1-2-3-6-9-7-4-5-8-9;1-3-2;;;/h2*4-5,7-8H,2-3,6H2,1H3;3H,1-2H3;2*1H;/q2*-1;;;;+4/p-2. The molecular formula is C20H33Cl2HfSi. The molecule has 135 valence electrons. The second kappa shape index (κ2) is 25.6.